The van der Waals surface area contributed by atoms with Gasteiger partial charge in [-0.15, -0.1) is 0 Å². The van der Waals surface area contributed by atoms with Crippen molar-refractivity contribution >= 4 is 71.2 Å². The third-order valence-electron chi connectivity index (χ3n) is 15.5. The molecular weight excluding hydrogens is 939 g/mol. The lowest BCUT2D eigenvalue weighted by Crippen LogP contribution is -2.13. The molecule has 0 aliphatic rings. The molecule has 7 heteroatoms. The normalized spacial score (nSPS) is 12.0. The molecule has 7 nitrogen and oxygen atoms in total. The van der Waals surface area contributed by atoms with E-state index in [4.69, 9.17) is 4.98 Å². The summed E-state index contributed by atoms with van der Waals surface area (Å²) in [6.45, 7) is 22.8. The van der Waals surface area contributed by atoms with Crippen LogP contribution < -0.4 is 0 Å². The smallest absolute Gasteiger partial charge is 0.236 e. The molecule has 77 heavy (non-hydrogen) atoms. The predicted molar refractivity (Wildman–Crippen MR) is 317 cm³/mol. The van der Waals surface area contributed by atoms with Crippen LogP contribution in [0.25, 0.3) is 121 Å². The molecule has 4 heterocycles. The number of benzene rings is 9. The zero-order valence-electron chi connectivity index (χ0n) is 43.7. The van der Waals surface area contributed by atoms with Gasteiger partial charge in [-0.2, -0.15) is 10.5 Å². The minimum Gasteiger partial charge on any atom is -0.318 e. The summed E-state index contributed by atoms with van der Waals surface area (Å²) < 4.78 is 6.23. The highest BCUT2D eigenvalue weighted by Gasteiger charge is 2.34. The minimum atomic E-state index is -0.182. The first-order valence-corrected chi connectivity index (χ1v) is 26.0. The van der Waals surface area contributed by atoms with Crippen LogP contribution in [-0.4, -0.2) is 18.7 Å². The predicted octanol–water partition coefficient (Wildman–Crippen LogP) is 18.3. The molecule has 13 aromatic rings. The van der Waals surface area contributed by atoms with E-state index in [2.05, 4.69) is 189 Å². The number of hydrogen-bond donors (Lipinski definition) is 0. The van der Waals surface area contributed by atoms with Gasteiger partial charge in [0, 0.05) is 37.9 Å². The summed E-state index contributed by atoms with van der Waals surface area (Å²) >= 11 is 0. The van der Waals surface area contributed by atoms with Crippen LogP contribution in [0.4, 0.5) is 5.69 Å². The average molecular weight is 990 g/mol. The van der Waals surface area contributed by atoms with Crippen molar-refractivity contribution in [3.8, 4) is 62.7 Å². The Morgan fingerprint density at radius 3 is 1.29 bits per heavy atom. The molecule has 4 aromatic heterocycles. The fourth-order valence-electron chi connectivity index (χ4n) is 11.6. The van der Waals surface area contributed by atoms with Gasteiger partial charge in [0.25, 0.3) is 0 Å². The van der Waals surface area contributed by atoms with Crippen LogP contribution in [0, 0.1) is 29.2 Å². The molecule has 0 unspecified atom stereocenters. The van der Waals surface area contributed by atoms with E-state index in [-0.39, 0.29) is 27.6 Å². The monoisotopic (exact) mass is 989 g/mol. The molecule has 9 aromatic carbocycles. The van der Waals surface area contributed by atoms with Gasteiger partial charge in [0.1, 0.15) is 17.8 Å². The number of nitriles is 2. The molecule has 0 aliphatic heterocycles. The maximum absolute atomic E-state index is 12.2. The lowest BCUT2D eigenvalue weighted by molar-refractivity contribution is 0.591. The third kappa shape index (κ3) is 7.33. The van der Waals surface area contributed by atoms with E-state index in [1.54, 1.807) is 0 Å². The summed E-state index contributed by atoms with van der Waals surface area (Å²) in [6, 6.07) is 74.5. The highest BCUT2D eigenvalue weighted by molar-refractivity contribution is 6.15. The van der Waals surface area contributed by atoms with Gasteiger partial charge < -0.3 is 13.7 Å². The molecule has 0 spiro atoms. The standard InChI is InChI=1S/C70H51N7/c1-69(2,3)48-29-35-62-54(39-48)52-37-46(43-19-11-8-12-20-43)27-33-60(52)75(62)65-56(41-71)66(76-61-34-28-47(44-21-13-9-14-22-44)38-53(61)55-40-49(70(4,5)6)30-36-63(55)76)64(73-7)67(57(65)42-72)77-59-26-18-17-25-50(59)51-31-32-58(74-68(51)77)45-23-15-10-16-24-45/h8-40H,1-6H3. The molecule has 0 amide bonds. The molecule has 0 atom stereocenters. The van der Waals surface area contributed by atoms with Crippen LogP contribution in [-0.2, 0) is 10.8 Å². The third-order valence-corrected chi connectivity index (χ3v) is 15.5. The van der Waals surface area contributed by atoms with Crippen molar-refractivity contribution in [1.82, 2.24) is 18.7 Å². The van der Waals surface area contributed by atoms with Gasteiger partial charge in [-0.05, 0) is 111 Å². The lowest BCUT2D eigenvalue weighted by atomic mass is 9.86. The molecule has 13 rings (SSSR count). The largest absolute Gasteiger partial charge is 0.318 e. The molecule has 366 valence electrons. The second kappa shape index (κ2) is 17.6. The maximum Gasteiger partial charge on any atom is 0.236 e. The Balaban J connectivity index is 1.26. The highest BCUT2D eigenvalue weighted by Crippen LogP contribution is 2.50. The average Bonchev–Trinajstić information content (AvgIpc) is 4.17. The molecule has 0 saturated heterocycles. The van der Waals surface area contributed by atoms with Gasteiger partial charge in [-0.3, -0.25) is 0 Å². The number of aromatic nitrogens is 4. The Labute approximate surface area is 447 Å². The van der Waals surface area contributed by atoms with Crippen LogP contribution >= 0.6 is 0 Å². The van der Waals surface area contributed by atoms with Gasteiger partial charge in [-0.1, -0.05) is 175 Å². The van der Waals surface area contributed by atoms with E-state index < -0.39 is 0 Å². The van der Waals surface area contributed by atoms with E-state index in [1.807, 2.05) is 83.4 Å². The first-order chi connectivity index (χ1) is 37.4. The van der Waals surface area contributed by atoms with Crippen molar-refractivity contribution in [2.75, 3.05) is 0 Å². The van der Waals surface area contributed by atoms with E-state index in [0.717, 1.165) is 105 Å². The molecular formula is C70H51N7. The number of nitrogens with zero attached hydrogens (tertiary/aromatic N) is 7. The summed E-state index contributed by atoms with van der Waals surface area (Å²) in [5, 5.41) is 30.1. The fourth-order valence-corrected chi connectivity index (χ4v) is 11.6. The van der Waals surface area contributed by atoms with Crippen molar-refractivity contribution in [1.29, 1.82) is 10.5 Å². The van der Waals surface area contributed by atoms with E-state index in [0.29, 0.717) is 22.7 Å². The molecule has 0 bridgehead atoms. The van der Waals surface area contributed by atoms with Crippen LogP contribution in [0.15, 0.2) is 200 Å². The van der Waals surface area contributed by atoms with Gasteiger partial charge in [0.2, 0.25) is 5.69 Å². The molecule has 0 N–H and O–H groups in total. The first kappa shape index (κ1) is 46.8. The van der Waals surface area contributed by atoms with Gasteiger partial charge in [-0.25, -0.2) is 9.83 Å². The van der Waals surface area contributed by atoms with Crippen LogP contribution in [0.5, 0.6) is 0 Å². The number of pyridine rings is 1. The van der Waals surface area contributed by atoms with E-state index >= 15 is 0 Å². The zero-order chi connectivity index (χ0) is 52.9. The molecule has 0 radical (unpaired) electrons. The van der Waals surface area contributed by atoms with Crippen molar-refractivity contribution in [2.45, 2.75) is 52.4 Å². The fraction of sp³-hybridized carbons (Fsp3) is 0.114. The minimum absolute atomic E-state index is 0.157. The van der Waals surface area contributed by atoms with E-state index in [9.17, 15) is 17.1 Å². The quantitative estimate of drug-likeness (QED) is 0.156. The second-order valence-electron chi connectivity index (χ2n) is 22.1. The Bertz CT molecular complexity index is 4490. The lowest BCUT2D eigenvalue weighted by Gasteiger charge is -2.24. The number of hydrogen-bond acceptors (Lipinski definition) is 3. The summed E-state index contributed by atoms with van der Waals surface area (Å²) in [7, 11) is 0. The SMILES string of the molecule is [C-]#[N+]c1c(-n2c3ccc(-c4ccccc4)cc3c3cc(C(C)(C)C)ccc32)c(C#N)c(-n2c3ccc(-c4ccccc4)cc3c3cc(C(C)(C)C)ccc32)c(C#N)c1-n1c2ccccc2c2ccc(-c3ccccc3)nc21. The molecule has 0 fully saturated rings. The highest BCUT2D eigenvalue weighted by atomic mass is 15.1. The maximum atomic E-state index is 12.2. The Morgan fingerprint density at radius 2 is 0.805 bits per heavy atom. The summed E-state index contributed by atoms with van der Waals surface area (Å²) in [5.41, 5.74) is 14.2. The number of fused-ring (bicyclic) bond motifs is 9. The topological polar surface area (TPSA) is 79.6 Å². The van der Waals surface area contributed by atoms with Gasteiger partial charge >= 0.3 is 0 Å². The van der Waals surface area contributed by atoms with Crippen molar-refractivity contribution in [3.05, 3.63) is 234 Å². The Kier molecular flexibility index (Phi) is 10.7. The van der Waals surface area contributed by atoms with Crippen molar-refractivity contribution in [3.63, 3.8) is 0 Å². The van der Waals surface area contributed by atoms with Crippen LogP contribution in [0.3, 0.4) is 0 Å². The van der Waals surface area contributed by atoms with E-state index in [1.165, 1.54) is 0 Å². The molecule has 0 saturated carbocycles. The van der Waals surface area contributed by atoms with Crippen LogP contribution in [0.2, 0.25) is 0 Å². The van der Waals surface area contributed by atoms with Gasteiger partial charge in [0.05, 0.1) is 68.0 Å². The van der Waals surface area contributed by atoms with Crippen LogP contribution in [0.1, 0.15) is 63.8 Å². The van der Waals surface area contributed by atoms with Crippen molar-refractivity contribution in [2.24, 2.45) is 0 Å². The second-order valence-corrected chi connectivity index (χ2v) is 22.1. The van der Waals surface area contributed by atoms with Crippen molar-refractivity contribution < 1.29 is 0 Å². The summed E-state index contributed by atoms with van der Waals surface area (Å²) in [6.07, 6.45) is 0. The summed E-state index contributed by atoms with van der Waals surface area (Å²) in [4.78, 5) is 9.98. The number of para-hydroxylation sites is 1. The zero-order valence-corrected chi connectivity index (χ0v) is 43.7. The Hall–Kier alpha value is -10.0. The molecule has 0 aliphatic carbocycles. The van der Waals surface area contributed by atoms with Gasteiger partial charge in [0.15, 0.2) is 0 Å². The summed E-state index contributed by atoms with van der Waals surface area (Å²) in [5.74, 6) is 0. The Morgan fingerprint density at radius 1 is 0.390 bits per heavy atom. The number of rotatable bonds is 6. The first-order valence-electron chi connectivity index (χ1n) is 26.0.